The van der Waals surface area contributed by atoms with Gasteiger partial charge in [-0.05, 0) is 53.9 Å². The van der Waals surface area contributed by atoms with E-state index in [0.717, 1.165) is 22.3 Å². The molecule has 1 unspecified atom stereocenters. The summed E-state index contributed by atoms with van der Waals surface area (Å²) in [6, 6.07) is 19.4. The Bertz CT molecular complexity index is 1380. The van der Waals surface area contributed by atoms with Crippen LogP contribution in [-0.4, -0.2) is 31.6 Å². The lowest BCUT2D eigenvalue weighted by molar-refractivity contribution is 0.0593. The summed E-state index contributed by atoms with van der Waals surface area (Å²) in [5.41, 5.74) is 4.56. The van der Waals surface area contributed by atoms with Gasteiger partial charge >= 0.3 is 5.97 Å². The van der Waals surface area contributed by atoms with Crippen molar-refractivity contribution >= 4 is 40.3 Å². The summed E-state index contributed by atoms with van der Waals surface area (Å²) in [6.45, 7) is 1.93. The Balaban J connectivity index is 1.87. The molecule has 1 atom stereocenters. The van der Waals surface area contributed by atoms with Crippen molar-refractivity contribution < 1.29 is 18.3 Å². The quantitative estimate of drug-likeness (QED) is 0.261. The van der Waals surface area contributed by atoms with E-state index in [0.29, 0.717) is 26.3 Å². The maximum Gasteiger partial charge on any atom is 0.358 e. The van der Waals surface area contributed by atoms with Crippen LogP contribution in [0, 0.1) is 6.92 Å². The van der Waals surface area contributed by atoms with Crippen LogP contribution in [0.25, 0.3) is 28.1 Å². The highest BCUT2D eigenvalue weighted by Crippen LogP contribution is 2.35. The summed E-state index contributed by atoms with van der Waals surface area (Å²) >= 11 is 10.8. The van der Waals surface area contributed by atoms with E-state index in [1.54, 1.807) is 42.5 Å². The minimum absolute atomic E-state index is 0.116. The van der Waals surface area contributed by atoms with E-state index in [2.05, 4.69) is 5.10 Å². The van der Waals surface area contributed by atoms with E-state index in [4.69, 9.17) is 27.9 Å². The standard InChI is InChI=1S/C24H18Cl2N2O4S/c1-14-11-16(15-5-3-6-17(12-15)33(30)31)9-10-18(14)22-13-21(24(29)32-2)27-28(22)23-19(25)7-4-8-20(23)26/h3-13H,1-2H3,(H,30,31). The first-order chi connectivity index (χ1) is 15.8. The highest BCUT2D eigenvalue weighted by Gasteiger charge is 2.21. The van der Waals surface area contributed by atoms with Gasteiger partial charge in [0.1, 0.15) is 5.69 Å². The number of ether oxygens (including phenoxy) is 1. The monoisotopic (exact) mass is 500 g/mol. The predicted octanol–water partition coefficient (Wildman–Crippen LogP) is 6.19. The second-order valence-electron chi connectivity index (χ2n) is 7.20. The number of rotatable bonds is 5. The van der Waals surface area contributed by atoms with Gasteiger partial charge in [-0.3, -0.25) is 0 Å². The lowest BCUT2D eigenvalue weighted by atomic mass is 9.98. The molecule has 168 valence electrons. The molecule has 0 saturated heterocycles. The normalized spacial score (nSPS) is 11.9. The molecule has 0 aliphatic carbocycles. The van der Waals surface area contributed by atoms with Crippen molar-refractivity contribution in [2.75, 3.05) is 7.11 Å². The summed E-state index contributed by atoms with van der Waals surface area (Å²) in [5.74, 6) is -0.582. The molecule has 0 fully saturated rings. The number of esters is 1. The van der Waals surface area contributed by atoms with Gasteiger partial charge in [-0.25, -0.2) is 13.7 Å². The Hall–Kier alpha value is -2.97. The number of halogens is 2. The molecule has 9 heteroatoms. The van der Waals surface area contributed by atoms with Gasteiger partial charge in [-0.2, -0.15) is 5.10 Å². The fraction of sp³-hybridized carbons (Fsp3) is 0.0833. The topological polar surface area (TPSA) is 81.4 Å². The second kappa shape index (κ2) is 9.49. The average molecular weight is 501 g/mol. The largest absolute Gasteiger partial charge is 0.464 e. The van der Waals surface area contributed by atoms with Gasteiger partial charge in [0, 0.05) is 5.56 Å². The molecule has 1 N–H and O–H groups in total. The van der Waals surface area contributed by atoms with Crippen molar-refractivity contribution in [2.24, 2.45) is 0 Å². The van der Waals surface area contributed by atoms with Crippen LogP contribution >= 0.6 is 23.2 Å². The molecule has 0 radical (unpaired) electrons. The molecule has 0 spiro atoms. The van der Waals surface area contributed by atoms with Crippen molar-refractivity contribution in [3.05, 3.63) is 88.0 Å². The van der Waals surface area contributed by atoms with Crippen LogP contribution in [-0.2, 0) is 15.8 Å². The molecule has 6 nitrogen and oxygen atoms in total. The average Bonchev–Trinajstić information content (AvgIpc) is 3.23. The molecule has 33 heavy (non-hydrogen) atoms. The van der Waals surface area contributed by atoms with Crippen LogP contribution < -0.4 is 0 Å². The predicted molar refractivity (Wildman–Crippen MR) is 130 cm³/mol. The van der Waals surface area contributed by atoms with Crippen molar-refractivity contribution in [3.63, 3.8) is 0 Å². The SMILES string of the molecule is COC(=O)c1cc(-c2ccc(-c3cccc(S(=O)O)c3)cc2C)n(-c2c(Cl)cccc2Cl)n1. The number of para-hydroxylation sites is 1. The zero-order valence-corrected chi connectivity index (χ0v) is 19.9. The van der Waals surface area contributed by atoms with E-state index in [1.165, 1.54) is 11.8 Å². The third-order valence-corrected chi connectivity index (χ3v) is 6.39. The number of benzene rings is 3. The Morgan fingerprint density at radius 1 is 1.00 bits per heavy atom. The van der Waals surface area contributed by atoms with Gasteiger partial charge in [-0.15, -0.1) is 0 Å². The third-order valence-electron chi connectivity index (χ3n) is 5.12. The molecule has 1 aromatic heterocycles. The number of nitrogens with zero attached hydrogens (tertiary/aromatic N) is 2. The van der Waals surface area contributed by atoms with E-state index < -0.39 is 17.0 Å². The number of aromatic nitrogens is 2. The maximum atomic E-state index is 12.2. The summed E-state index contributed by atoms with van der Waals surface area (Å²) in [7, 11) is 1.29. The van der Waals surface area contributed by atoms with Gasteiger partial charge in [0.15, 0.2) is 16.8 Å². The molecule has 0 saturated carbocycles. The molecule has 0 bridgehead atoms. The Morgan fingerprint density at radius 2 is 1.67 bits per heavy atom. The molecular weight excluding hydrogens is 483 g/mol. The fourth-order valence-corrected chi connectivity index (χ4v) is 4.53. The number of hydrogen-bond acceptors (Lipinski definition) is 4. The maximum absolute atomic E-state index is 12.2. The number of hydrogen-bond donors (Lipinski definition) is 1. The molecule has 0 aliphatic rings. The highest BCUT2D eigenvalue weighted by atomic mass is 35.5. The molecule has 3 aromatic carbocycles. The number of carbonyl (C=O) groups excluding carboxylic acids is 1. The first-order valence-electron chi connectivity index (χ1n) is 9.75. The Kier molecular flexibility index (Phi) is 6.67. The fourth-order valence-electron chi connectivity index (χ4n) is 3.55. The summed E-state index contributed by atoms with van der Waals surface area (Å²) in [6.07, 6.45) is 0. The van der Waals surface area contributed by atoms with Crippen LogP contribution in [0.1, 0.15) is 16.1 Å². The zero-order valence-electron chi connectivity index (χ0n) is 17.6. The smallest absolute Gasteiger partial charge is 0.358 e. The number of methoxy groups -OCH3 is 1. The van der Waals surface area contributed by atoms with E-state index in [-0.39, 0.29) is 5.69 Å². The second-order valence-corrected chi connectivity index (χ2v) is 8.98. The van der Waals surface area contributed by atoms with Crippen molar-refractivity contribution in [2.45, 2.75) is 11.8 Å². The van der Waals surface area contributed by atoms with Crippen molar-refractivity contribution in [1.82, 2.24) is 9.78 Å². The van der Waals surface area contributed by atoms with Crippen molar-refractivity contribution in [3.8, 4) is 28.1 Å². The molecule has 0 aliphatic heterocycles. The molecule has 4 aromatic rings. The molecular formula is C24H18Cl2N2O4S. The highest BCUT2D eigenvalue weighted by molar-refractivity contribution is 7.79. The van der Waals surface area contributed by atoms with Crippen LogP contribution in [0.5, 0.6) is 0 Å². The van der Waals surface area contributed by atoms with Gasteiger partial charge < -0.3 is 9.29 Å². The van der Waals surface area contributed by atoms with E-state index >= 15 is 0 Å². The van der Waals surface area contributed by atoms with E-state index in [1.807, 2.05) is 31.2 Å². The molecule has 1 heterocycles. The van der Waals surface area contributed by atoms with Crippen LogP contribution in [0.3, 0.4) is 0 Å². The summed E-state index contributed by atoms with van der Waals surface area (Å²) in [5, 5.41) is 5.18. The summed E-state index contributed by atoms with van der Waals surface area (Å²) in [4.78, 5) is 12.5. The summed E-state index contributed by atoms with van der Waals surface area (Å²) < 4.78 is 27.2. The van der Waals surface area contributed by atoms with Gasteiger partial charge in [0.05, 0.1) is 27.7 Å². The van der Waals surface area contributed by atoms with Crippen LogP contribution in [0.15, 0.2) is 71.6 Å². The Morgan fingerprint density at radius 3 is 2.30 bits per heavy atom. The van der Waals surface area contributed by atoms with Gasteiger partial charge in [-0.1, -0.05) is 59.6 Å². The Labute approximate surface area is 203 Å². The van der Waals surface area contributed by atoms with Gasteiger partial charge in [0.2, 0.25) is 0 Å². The first kappa shape index (κ1) is 23.2. The number of aryl methyl sites for hydroxylation is 1. The number of carbonyl (C=O) groups is 1. The third kappa shape index (κ3) is 4.58. The molecule has 0 amide bonds. The van der Waals surface area contributed by atoms with E-state index in [9.17, 15) is 13.6 Å². The zero-order chi connectivity index (χ0) is 23.7. The minimum atomic E-state index is -2.06. The first-order valence-corrected chi connectivity index (χ1v) is 11.6. The van der Waals surface area contributed by atoms with Crippen LogP contribution in [0.4, 0.5) is 0 Å². The lowest BCUT2D eigenvalue weighted by Gasteiger charge is -2.14. The van der Waals surface area contributed by atoms with Crippen molar-refractivity contribution in [1.29, 1.82) is 0 Å². The minimum Gasteiger partial charge on any atom is -0.464 e. The molecule has 4 rings (SSSR count). The van der Waals surface area contributed by atoms with Crippen LogP contribution in [0.2, 0.25) is 10.0 Å². The van der Waals surface area contributed by atoms with Gasteiger partial charge in [0.25, 0.3) is 0 Å². The lowest BCUT2D eigenvalue weighted by Crippen LogP contribution is -2.05.